The first-order valence-corrected chi connectivity index (χ1v) is 7.28. The molecule has 2 rings (SSSR count). The fraction of sp³-hybridized carbons (Fsp3) is 0.800. The second-order valence-corrected chi connectivity index (χ2v) is 6.57. The zero-order chi connectivity index (χ0) is 13.9. The van der Waals surface area contributed by atoms with E-state index in [1.807, 2.05) is 19.3 Å². The van der Waals surface area contributed by atoms with Gasteiger partial charge in [0.2, 0.25) is 0 Å². The maximum Gasteiger partial charge on any atom is 0.105 e. The van der Waals surface area contributed by atoms with Gasteiger partial charge in [-0.25, -0.2) is 4.98 Å². The largest absolute Gasteiger partial charge is 0.372 e. The van der Waals surface area contributed by atoms with Gasteiger partial charge in [0.25, 0.3) is 0 Å². The predicted molar refractivity (Wildman–Crippen MR) is 77.0 cm³/mol. The van der Waals surface area contributed by atoms with E-state index in [4.69, 9.17) is 10.5 Å². The number of hydrogen-bond acceptors (Lipinski definition) is 3. The smallest absolute Gasteiger partial charge is 0.105 e. The Labute approximate surface area is 116 Å². The maximum absolute atomic E-state index is 6.17. The van der Waals surface area contributed by atoms with Gasteiger partial charge < -0.3 is 15.0 Å². The van der Waals surface area contributed by atoms with E-state index in [0.717, 1.165) is 31.8 Å². The molecule has 0 aromatic carbocycles. The van der Waals surface area contributed by atoms with E-state index in [1.165, 1.54) is 12.8 Å². The van der Waals surface area contributed by atoms with Crippen LogP contribution in [0.15, 0.2) is 12.4 Å². The molecule has 4 nitrogen and oxygen atoms in total. The summed E-state index contributed by atoms with van der Waals surface area (Å²) in [6, 6.07) is 0. The van der Waals surface area contributed by atoms with Crippen molar-refractivity contribution in [3.05, 3.63) is 18.2 Å². The molecule has 1 aliphatic rings. The molecule has 1 saturated carbocycles. The van der Waals surface area contributed by atoms with Crippen LogP contribution in [0.4, 0.5) is 0 Å². The summed E-state index contributed by atoms with van der Waals surface area (Å²) in [6.45, 7) is 8.89. The van der Waals surface area contributed by atoms with Gasteiger partial charge in [0.15, 0.2) is 0 Å². The quantitative estimate of drug-likeness (QED) is 0.890. The van der Waals surface area contributed by atoms with Gasteiger partial charge in [-0.15, -0.1) is 0 Å². The van der Waals surface area contributed by atoms with Crippen LogP contribution in [0.5, 0.6) is 0 Å². The highest BCUT2D eigenvalue weighted by molar-refractivity contribution is 4.92. The first-order valence-electron chi connectivity index (χ1n) is 7.28. The minimum atomic E-state index is -0.0932. The van der Waals surface area contributed by atoms with Crippen molar-refractivity contribution in [2.75, 3.05) is 13.2 Å². The number of aryl methyl sites for hydroxylation is 1. The van der Waals surface area contributed by atoms with Crippen molar-refractivity contribution in [1.82, 2.24) is 9.55 Å². The molecule has 2 N–H and O–H groups in total. The first kappa shape index (κ1) is 14.5. The van der Waals surface area contributed by atoms with Crippen LogP contribution in [0.2, 0.25) is 0 Å². The molecular weight excluding hydrogens is 238 g/mol. The Morgan fingerprint density at radius 2 is 2.00 bits per heavy atom. The number of nitrogens with zero attached hydrogens (tertiary/aromatic N) is 2. The van der Waals surface area contributed by atoms with Crippen molar-refractivity contribution >= 4 is 0 Å². The van der Waals surface area contributed by atoms with E-state index in [-0.39, 0.29) is 5.60 Å². The molecule has 0 unspecified atom stereocenters. The molecule has 0 amide bonds. The van der Waals surface area contributed by atoms with Crippen molar-refractivity contribution in [2.45, 2.75) is 58.6 Å². The van der Waals surface area contributed by atoms with Gasteiger partial charge in [-0.1, -0.05) is 13.8 Å². The van der Waals surface area contributed by atoms with Crippen molar-refractivity contribution in [3.63, 3.8) is 0 Å². The molecule has 0 atom stereocenters. The van der Waals surface area contributed by atoms with Gasteiger partial charge >= 0.3 is 0 Å². The van der Waals surface area contributed by atoms with E-state index < -0.39 is 0 Å². The van der Waals surface area contributed by atoms with E-state index >= 15 is 0 Å². The van der Waals surface area contributed by atoms with Crippen molar-refractivity contribution in [1.29, 1.82) is 0 Å². The summed E-state index contributed by atoms with van der Waals surface area (Å²) in [4.78, 5) is 4.22. The van der Waals surface area contributed by atoms with Gasteiger partial charge in [-0.05, 0) is 38.0 Å². The molecule has 1 aromatic heterocycles. The fourth-order valence-electron chi connectivity index (χ4n) is 2.79. The lowest BCUT2D eigenvalue weighted by atomic mass is 9.71. The number of aromatic nitrogens is 2. The molecule has 4 heteroatoms. The third kappa shape index (κ3) is 3.57. The second kappa shape index (κ2) is 5.63. The van der Waals surface area contributed by atoms with Crippen LogP contribution < -0.4 is 5.73 Å². The second-order valence-electron chi connectivity index (χ2n) is 6.57. The lowest BCUT2D eigenvalue weighted by Gasteiger charge is -2.42. The molecule has 1 aromatic rings. The zero-order valence-corrected chi connectivity index (χ0v) is 12.5. The molecule has 0 radical (unpaired) electrons. The average molecular weight is 265 g/mol. The van der Waals surface area contributed by atoms with Gasteiger partial charge in [0.05, 0.1) is 12.2 Å². The van der Waals surface area contributed by atoms with E-state index in [0.29, 0.717) is 12.0 Å². The molecule has 108 valence electrons. The number of nitrogens with two attached hydrogens (primary N) is 1. The average Bonchev–Trinajstić information content (AvgIpc) is 2.78. The summed E-state index contributed by atoms with van der Waals surface area (Å²) in [5.41, 5.74) is 6.33. The van der Waals surface area contributed by atoms with Crippen LogP contribution in [-0.2, 0) is 11.3 Å². The zero-order valence-electron chi connectivity index (χ0n) is 12.5. The van der Waals surface area contributed by atoms with Crippen molar-refractivity contribution < 1.29 is 4.74 Å². The molecule has 0 bridgehead atoms. The number of ether oxygens (including phenoxy) is 1. The van der Waals surface area contributed by atoms with E-state index in [2.05, 4.69) is 23.4 Å². The number of hydrogen-bond donors (Lipinski definition) is 1. The minimum absolute atomic E-state index is 0.0932. The standard InChI is InChI=1S/C15H27N3O/c1-13-17-8-9-18(13)10-11-19-15(12-16)6-4-14(2,3)5-7-15/h8-9H,4-7,10-12,16H2,1-3H3. The minimum Gasteiger partial charge on any atom is -0.372 e. The van der Waals surface area contributed by atoms with Gasteiger partial charge in [0, 0.05) is 25.5 Å². The molecule has 1 aliphatic carbocycles. The van der Waals surface area contributed by atoms with Crippen LogP contribution in [0.1, 0.15) is 45.4 Å². The van der Waals surface area contributed by atoms with Gasteiger partial charge in [0.1, 0.15) is 5.82 Å². The highest BCUT2D eigenvalue weighted by Gasteiger charge is 2.38. The molecule has 0 saturated heterocycles. The number of imidazole rings is 1. The SMILES string of the molecule is Cc1nccn1CCOC1(CN)CCC(C)(C)CC1. The van der Waals surface area contributed by atoms with Crippen LogP contribution in [0.25, 0.3) is 0 Å². The Hall–Kier alpha value is -0.870. The summed E-state index contributed by atoms with van der Waals surface area (Å²) in [7, 11) is 0. The number of rotatable bonds is 5. The normalized spacial score (nSPS) is 21.5. The molecular formula is C15H27N3O. The Bertz CT molecular complexity index is 401. The molecule has 0 spiro atoms. The highest BCUT2D eigenvalue weighted by Crippen LogP contribution is 2.41. The Balaban J connectivity index is 1.85. The third-order valence-corrected chi connectivity index (χ3v) is 4.55. The molecule has 19 heavy (non-hydrogen) atoms. The topological polar surface area (TPSA) is 53.1 Å². The summed E-state index contributed by atoms with van der Waals surface area (Å²) in [5.74, 6) is 1.04. The van der Waals surface area contributed by atoms with E-state index in [9.17, 15) is 0 Å². The molecule has 0 aliphatic heterocycles. The van der Waals surface area contributed by atoms with Crippen LogP contribution in [0.3, 0.4) is 0 Å². The summed E-state index contributed by atoms with van der Waals surface area (Å²) in [5, 5.41) is 0. The predicted octanol–water partition coefficient (Wildman–Crippen LogP) is 2.51. The van der Waals surface area contributed by atoms with Gasteiger partial charge in [-0.3, -0.25) is 0 Å². The highest BCUT2D eigenvalue weighted by atomic mass is 16.5. The van der Waals surface area contributed by atoms with Crippen molar-refractivity contribution in [2.24, 2.45) is 11.1 Å². The molecule has 1 heterocycles. The summed E-state index contributed by atoms with van der Waals surface area (Å²) in [6.07, 6.45) is 8.40. The van der Waals surface area contributed by atoms with Crippen LogP contribution in [0, 0.1) is 12.3 Å². The summed E-state index contributed by atoms with van der Waals surface area (Å²) < 4.78 is 8.29. The Morgan fingerprint density at radius 3 is 2.53 bits per heavy atom. The van der Waals surface area contributed by atoms with E-state index in [1.54, 1.807) is 0 Å². The maximum atomic E-state index is 6.17. The fourth-order valence-corrected chi connectivity index (χ4v) is 2.79. The lowest BCUT2D eigenvalue weighted by molar-refractivity contribution is -0.0835. The molecule has 1 fully saturated rings. The lowest BCUT2D eigenvalue weighted by Crippen LogP contribution is -2.46. The monoisotopic (exact) mass is 265 g/mol. The van der Waals surface area contributed by atoms with Crippen LogP contribution in [-0.4, -0.2) is 28.3 Å². The van der Waals surface area contributed by atoms with Gasteiger partial charge in [-0.2, -0.15) is 0 Å². The van der Waals surface area contributed by atoms with Crippen molar-refractivity contribution in [3.8, 4) is 0 Å². The Kier molecular flexibility index (Phi) is 4.31. The third-order valence-electron chi connectivity index (χ3n) is 4.55. The van der Waals surface area contributed by atoms with Crippen LogP contribution >= 0.6 is 0 Å². The Morgan fingerprint density at radius 1 is 1.32 bits per heavy atom. The summed E-state index contributed by atoms with van der Waals surface area (Å²) >= 11 is 0. The first-order chi connectivity index (χ1) is 8.96.